The van der Waals surface area contributed by atoms with Crippen molar-refractivity contribution in [3.63, 3.8) is 0 Å². The molecule has 43 heavy (non-hydrogen) atoms. The van der Waals surface area contributed by atoms with Crippen LogP contribution in [0.15, 0.2) is 103 Å². The monoisotopic (exact) mass is 596 g/mol. The molecule has 2 unspecified atom stereocenters. The molecule has 9 heteroatoms. The third kappa shape index (κ3) is 8.06. The van der Waals surface area contributed by atoms with Crippen LogP contribution in [0.1, 0.15) is 44.4 Å². The first-order valence-electron chi connectivity index (χ1n) is 13.6. The number of rotatable bonds is 13. The molecule has 0 aromatic heterocycles. The average molecular weight is 597 g/mol. The predicted octanol–water partition coefficient (Wildman–Crippen LogP) is 7.36. The molecule has 0 aliphatic rings. The van der Waals surface area contributed by atoms with E-state index in [0.29, 0.717) is 11.5 Å². The lowest BCUT2D eigenvalue weighted by Crippen LogP contribution is -2.44. The summed E-state index contributed by atoms with van der Waals surface area (Å²) in [6.07, 6.45) is -5.93. The zero-order valence-corrected chi connectivity index (χ0v) is 24.6. The Morgan fingerprint density at radius 1 is 0.651 bits per heavy atom. The molecule has 0 spiro atoms. The van der Waals surface area contributed by atoms with E-state index in [0.717, 1.165) is 0 Å². The number of esters is 2. The lowest BCUT2D eigenvalue weighted by atomic mass is 9.69. The fraction of sp³-hybridized carbons (Fsp3) is 0.294. The van der Waals surface area contributed by atoms with Gasteiger partial charge in [0.1, 0.15) is 42.3 Å². The number of ether oxygens (including phenoxy) is 4. The Morgan fingerprint density at radius 3 is 1.33 bits per heavy atom. The average Bonchev–Trinajstić information content (AvgIpc) is 2.96. The van der Waals surface area contributed by atoms with Crippen LogP contribution in [0.4, 0.5) is 13.2 Å². The Balaban J connectivity index is 1.91. The Hall–Kier alpha value is -4.53. The minimum Gasteiger partial charge on any atom is -0.490 e. The van der Waals surface area contributed by atoms with Crippen molar-refractivity contribution in [3.8, 4) is 11.5 Å². The first kappa shape index (κ1) is 33.0. The number of halogens is 3. The third-order valence-electron chi connectivity index (χ3n) is 6.49. The van der Waals surface area contributed by atoms with Gasteiger partial charge in [-0.05, 0) is 68.7 Å². The number of carbonyl (C=O) groups excluding carboxylic acids is 2. The van der Waals surface area contributed by atoms with Gasteiger partial charge in [-0.2, -0.15) is 13.2 Å². The van der Waals surface area contributed by atoms with Crippen molar-refractivity contribution >= 4 is 11.9 Å². The molecule has 0 aliphatic heterocycles. The number of alkyl halides is 3. The molecule has 3 aromatic carbocycles. The predicted molar refractivity (Wildman–Crippen MR) is 157 cm³/mol. The minimum atomic E-state index is -4.74. The molecule has 3 aromatic rings. The van der Waals surface area contributed by atoms with Gasteiger partial charge in [0, 0.05) is 11.1 Å². The highest BCUT2D eigenvalue weighted by atomic mass is 19.4. The van der Waals surface area contributed by atoms with Crippen molar-refractivity contribution in [1.29, 1.82) is 0 Å². The SMILES string of the molecule is C=C(C)C(=O)OC(C)COc1ccc(C(c2ccccc2)(c2ccc(OCC(C)OC(=O)C(=C)C)cc2)C(F)(F)F)cc1. The maximum atomic E-state index is 15.3. The van der Waals surface area contributed by atoms with Crippen LogP contribution in [0.25, 0.3) is 0 Å². The highest BCUT2D eigenvalue weighted by Gasteiger charge is 2.58. The van der Waals surface area contributed by atoms with Crippen molar-refractivity contribution in [2.75, 3.05) is 13.2 Å². The molecule has 0 aliphatic carbocycles. The Labute approximate surface area is 249 Å². The van der Waals surface area contributed by atoms with Crippen molar-refractivity contribution in [2.45, 2.75) is 51.5 Å². The van der Waals surface area contributed by atoms with E-state index in [4.69, 9.17) is 18.9 Å². The maximum absolute atomic E-state index is 15.3. The smallest absolute Gasteiger partial charge is 0.406 e. The van der Waals surface area contributed by atoms with Crippen LogP contribution in [-0.4, -0.2) is 43.5 Å². The van der Waals surface area contributed by atoms with Gasteiger partial charge < -0.3 is 18.9 Å². The fourth-order valence-corrected chi connectivity index (χ4v) is 4.34. The topological polar surface area (TPSA) is 71.1 Å². The van der Waals surface area contributed by atoms with Gasteiger partial charge in [-0.25, -0.2) is 9.59 Å². The lowest BCUT2D eigenvalue weighted by Gasteiger charge is -2.37. The highest BCUT2D eigenvalue weighted by Crippen LogP contribution is 2.51. The van der Waals surface area contributed by atoms with Crippen LogP contribution in [0.2, 0.25) is 0 Å². The van der Waals surface area contributed by atoms with E-state index in [2.05, 4.69) is 13.2 Å². The Morgan fingerprint density at radius 2 is 1.00 bits per heavy atom. The van der Waals surface area contributed by atoms with E-state index in [9.17, 15) is 9.59 Å². The van der Waals surface area contributed by atoms with Crippen LogP contribution in [0.3, 0.4) is 0 Å². The second-order valence-electron chi connectivity index (χ2n) is 10.3. The summed E-state index contributed by atoms with van der Waals surface area (Å²) in [7, 11) is 0. The quantitative estimate of drug-likeness (QED) is 0.117. The molecule has 0 N–H and O–H groups in total. The van der Waals surface area contributed by atoms with Crippen LogP contribution < -0.4 is 9.47 Å². The first-order chi connectivity index (χ1) is 20.2. The first-order valence-corrected chi connectivity index (χ1v) is 13.6. The molecule has 0 bridgehead atoms. The summed E-state index contributed by atoms with van der Waals surface area (Å²) in [4.78, 5) is 23.4. The molecule has 0 saturated carbocycles. The molecule has 0 amide bonds. The second kappa shape index (κ2) is 14.1. The van der Waals surface area contributed by atoms with E-state index >= 15 is 13.2 Å². The molecule has 0 heterocycles. The molecule has 228 valence electrons. The maximum Gasteiger partial charge on any atom is 0.406 e. The summed E-state index contributed by atoms with van der Waals surface area (Å²) in [6, 6.07) is 19.0. The minimum absolute atomic E-state index is 0.00788. The van der Waals surface area contributed by atoms with Crippen LogP contribution in [-0.2, 0) is 24.5 Å². The molecule has 6 nitrogen and oxygen atoms in total. The van der Waals surface area contributed by atoms with Crippen molar-refractivity contribution in [2.24, 2.45) is 0 Å². The zero-order chi connectivity index (χ0) is 31.8. The van der Waals surface area contributed by atoms with Crippen molar-refractivity contribution in [3.05, 3.63) is 120 Å². The summed E-state index contributed by atoms with van der Waals surface area (Å²) in [5, 5.41) is 0. The standard InChI is InChI=1S/C34H35F3O6/c1-22(2)31(38)42-24(5)20-40-29-16-12-27(13-17-29)33(34(35,36)37,26-10-8-7-9-11-26)28-14-18-30(19-15-28)41-21-25(6)43-32(39)23(3)4/h7-19,24-25H,1,3,20-21H2,2,4-6H3. The van der Waals surface area contributed by atoms with E-state index in [1.54, 1.807) is 32.0 Å². The summed E-state index contributed by atoms with van der Waals surface area (Å²) >= 11 is 0. The Bertz CT molecular complexity index is 1330. The molecule has 0 radical (unpaired) electrons. The number of hydrogen-bond donors (Lipinski definition) is 0. The molecular formula is C34H35F3O6. The van der Waals surface area contributed by atoms with E-state index in [1.165, 1.54) is 74.5 Å². The van der Waals surface area contributed by atoms with Gasteiger partial charge >= 0.3 is 18.1 Å². The molecule has 0 fully saturated rings. The number of hydrogen-bond acceptors (Lipinski definition) is 6. The van der Waals surface area contributed by atoms with Gasteiger partial charge in [0.05, 0.1) is 0 Å². The molecular weight excluding hydrogens is 561 g/mol. The van der Waals surface area contributed by atoms with E-state index in [-0.39, 0.29) is 41.1 Å². The normalized spacial score (nSPS) is 14.0. The van der Waals surface area contributed by atoms with Crippen molar-refractivity contribution < 1.29 is 41.7 Å². The third-order valence-corrected chi connectivity index (χ3v) is 6.49. The van der Waals surface area contributed by atoms with Gasteiger partial charge in [-0.1, -0.05) is 67.8 Å². The van der Waals surface area contributed by atoms with Crippen LogP contribution in [0.5, 0.6) is 11.5 Å². The Kier molecular flexibility index (Phi) is 10.8. The fourth-order valence-electron chi connectivity index (χ4n) is 4.34. The second-order valence-corrected chi connectivity index (χ2v) is 10.3. The zero-order valence-electron chi connectivity index (χ0n) is 24.6. The van der Waals surface area contributed by atoms with Crippen molar-refractivity contribution in [1.82, 2.24) is 0 Å². The van der Waals surface area contributed by atoms with Gasteiger partial charge in [0.15, 0.2) is 0 Å². The largest absolute Gasteiger partial charge is 0.490 e. The molecule has 0 saturated heterocycles. The van der Waals surface area contributed by atoms with Gasteiger partial charge in [-0.15, -0.1) is 0 Å². The summed E-state index contributed by atoms with van der Waals surface area (Å²) in [6.45, 7) is 13.4. The van der Waals surface area contributed by atoms with Crippen LogP contribution >= 0.6 is 0 Å². The number of carbonyl (C=O) groups is 2. The summed E-state index contributed by atoms with van der Waals surface area (Å²) < 4.78 is 67.7. The summed E-state index contributed by atoms with van der Waals surface area (Å²) in [5.41, 5.74) is -2.02. The van der Waals surface area contributed by atoms with Crippen LogP contribution in [0, 0.1) is 0 Å². The van der Waals surface area contributed by atoms with E-state index < -0.39 is 35.7 Å². The van der Waals surface area contributed by atoms with Gasteiger partial charge in [-0.3, -0.25) is 0 Å². The highest BCUT2D eigenvalue weighted by molar-refractivity contribution is 5.87. The molecule has 3 rings (SSSR count). The summed E-state index contributed by atoms with van der Waals surface area (Å²) in [5.74, 6) is -0.476. The van der Waals surface area contributed by atoms with E-state index in [1.807, 2.05) is 0 Å². The van der Waals surface area contributed by atoms with Gasteiger partial charge in [0.2, 0.25) is 0 Å². The number of benzene rings is 3. The lowest BCUT2D eigenvalue weighted by molar-refractivity contribution is -0.166. The molecule has 2 atom stereocenters. The van der Waals surface area contributed by atoms with Gasteiger partial charge in [0.25, 0.3) is 0 Å².